The Morgan fingerprint density at radius 2 is 2.31 bits per heavy atom. The Labute approximate surface area is 93.2 Å². The van der Waals surface area contributed by atoms with Gasteiger partial charge in [0.05, 0.1) is 18.1 Å². The van der Waals surface area contributed by atoms with Gasteiger partial charge in [-0.25, -0.2) is 4.79 Å². The van der Waals surface area contributed by atoms with E-state index in [2.05, 4.69) is 5.32 Å². The molecule has 0 bridgehead atoms. The number of carbonyl (C=O) groups excluding carboxylic acids is 1. The lowest BCUT2D eigenvalue weighted by Gasteiger charge is -2.43. The van der Waals surface area contributed by atoms with E-state index in [1.54, 1.807) is 6.92 Å². The molecule has 2 aliphatic rings. The molecule has 2 saturated heterocycles. The highest BCUT2D eigenvalue weighted by atomic mass is 16.4. The van der Waals surface area contributed by atoms with Gasteiger partial charge >= 0.3 is 6.09 Å². The molecule has 1 spiro atoms. The molecule has 1 unspecified atom stereocenters. The molecule has 2 rings (SSSR count). The zero-order chi connectivity index (χ0) is 11.9. The second-order valence-electron chi connectivity index (χ2n) is 4.70. The average molecular weight is 228 g/mol. The van der Waals surface area contributed by atoms with Crippen molar-refractivity contribution in [2.75, 3.05) is 6.54 Å². The molecule has 0 aromatic heterocycles. The van der Waals surface area contributed by atoms with Gasteiger partial charge in [-0.2, -0.15) is 0 Å². The van der Waals surface area contributed by atoms with Crippen LogP contribution in [0.1, 0.15) is 26.2 Å². The lowest BCUT2D eigenvalue weighted by molar-refractivity contribution is -0.120. The summed E-state index contributed by atoms with van der Waals surface area (Å²) in [5, 5.41) is 21.6. The molecule has 0 aromatic carbocycles. The molecule has 0 radical (unpaired) electrons. The van der Waals surface area contributed by atoms with Crippen LogP contribution in [0.3, 0.4) is 0 Å². The van der Waals surface area contributed by atoms with Crippen molar-refractivity contribution < 1.29 is 19.8 Å². The zero-order valence-corrected chi connectivity index (χ0v) is 9.14. The van der Waals surface area contributed by atoms with E-state index in [1.807, 2.05) is 0 Å². The maximum Gasteiger partial charge on any atom is 0.407 e. The summed E-state index contributed by atoms with van der Waals surface area (Å²) >= 11 is 0. The standard InChI is InChI=1S/C10H16N2O4/c1-6-5-10(2-3-12(6)9(15)16)7(13)4-8(14)11-10/h6-7,13H,2-5H2,1H3,(H,11,14)(H,15,16)/t6-,7?,10+/m0/s1. The highest BCUT2D eigenvalue weighted by Gasteiger charge is 2.50. The first-order valence-electron chi connectivity index (χ1n) is 5.43. The number of hydrogen-bond donors (Lipinski definition) is 3. The Kier molecular flexibility index (Phi) is 2.53. The van der Waals surface area contributed by atoms with E-state index < -0.39 is 17.7 Å². The molecule has 2 aliphatic heterocycles. The van der Waals surface area contributed by atoms with Crippen molar-refractivity contribution in [1.29, 1.82) is 0 Å². The third-order valence-corrected chi connectivity index (χ3v) is 3.64. The van der Waals surface area contributed by atoms with E-state index in [4.69, 9.17) is 5.11 Å². The Balaban J connectivity index is 2.12. The van der Waals surface area contributed by atoms with Crippen LogP contribution in [0.15, 0.2) is 0 Å². The summed E-state index contributed by atoms with van der Waals surface area (Å²) in [7, 11) is 0. The van der Waals surface area contributed by atoms with Crippen LogP contribution in [0.2, 0.25) is 0 Å². The van der Waals surface area contributed by atoms with Crippen molar-refractivity contribution >= 4 is 12.0 Å². The van der Waals surface area contributed by atoms with Gasteiger partial charge < -0.3 is 20.4 Å². The normalized spacial score (nSPS) is 38.9. The highest BCUT2D eigenvalue weighted by Crippen LogP contribution is 2.34. The van der Waals surface area contributed by atoms with Gasteiger partial charge in [-0.1, -0.05) is 0 Å². The molecule has 2 fully saturated rings. The van der Waals surface area contributed by atoms with Crippen LogP contribution in [0, 0.1) is 0 Å². The second-order valence-corrected chi connectivity index (χ2v) is 4.70. The molecule has 0 aliphatic carbocycles. The smallest absolute Gasteiger partial charge is 0.407 e. The van der Waals surface area contributed by atoms with Crippen molar-refractivity contribution in [2.24, 2.45) is 0 Å². The van der Waals surface area contributed by atoms with Gasteiger partial charge in [-0.15, -0.1) is 0 Å². The van der Waals surface area contributed by atoms with Gasteiger partial charge in [0.1, 0.15) is 0 Å². The molecule has 3 N–H and O–H groups in total. The molecule has 0 aromatic rings. The summed E-state index contributed by atoms with van der Waals surface area (Å²) in [5.74, 6) is -0.150. The lowest BCUT2D eigenvalue weighted by atomic mass is 9.81. The fourth-order valence-electron chi connectivity index (χ4n) is 2.76. The van der Waals surface area contributed by atoms with Crippen LogP contribution in [-0.4, -0.2) is 51.3 Å². The molecule has 2 heterocycles. The number of aliphatic hydroxyl groups excluding tert-OH is 1. The summed E-state index contributed by atoms with van der Waals surface area (Å²) in [5.41, 5.74) is -0.609. The third kappa shape index (κ3) is 1.63. The number of carboxylic acid groups (broad SMARTS) is 1. The predicted molar refractivity (Wildman–Crippen MR) is 54.9 cm³/mol. The molecule has 90 valence electrons. The first-order chi connectivity index (χ1) is 7.44. The minimum atomic E-state index is -0.943. The number of piperidine rings is 1. The number of nitrogens with zero attached hydrogens (tertiary/aromatic N) is 1. The van der Waals surface area contributed by atoms with Gasteiger partial charge in [0, 0.05) is 12.6 Å². The number of carbonyl (C=O) groups is 2. The first-order valence-corrected chi connectivity index (χ1v) is 5.43. The molecular weight excluding hydrogens is 212 g/mol. The molecule has 6 nitrogen and oxygen atoms in total. The molecule has 6 heteroatoms. The van der Waals surface area contributed by atoms with E-state index in [-0.39, 0.29) is 18.4 Å². The Hall–Kier alpha value is -1.30. The van der Waals surface area contributed by atoms with Gasteiger partial charge in [0.15, 0.2) is 0 Å². The average Bonchev–Trinajstić information content (AvgIpc) is 2.40. The summed E-state index contributed by atoms with van der Waals surface area (Å²) < 4.78 is 0. The fraction of sp³-hybridized carbons (Fsp3) is 0.800. The van der Waals surface area contributed by atoms with Crippen LogP contribution >= 0.6 is 0 Å². The zero-order valence-electron chi connectivity index (χ0n) is 9.14. The van der Waals surface area contributed by atoms with Gasteiger partial charge in [-0.3, -0.25) is 4.79 Å². The molecule has 3 atom stereocenters. The Morgan fingerprint density at radius 3 is 2.75 bits per heavy atom. The maximum atomic E-state index is 11.2. The van der Waals surface area contributed by atoms with Gasteiger partial charge in [0.2, 0.25) is 5.91 Å². The molecule has 16 heavy (non-hydrogen) atoms. The van der Waals surface area contributed by atoms with Crippen molar-refractivity contribution in [3.05, 3.63) is 0 Å². The van der Waals surface area contributed by atoms with Crippen molar-refractivity contribution in [3.8, 4) is 0 Å². The summed E-state index contributed by atoms with van der Waals surface area (Å²) in [6, 6.07) is -0.181. The van der Waals surface area contributed by atoms with Gasteiger partial charge in [0.25, 0.3) is 0 Å². The first kappa shape index (κ1) is 11.2. The summed E-state index contributed by atoms with van der Waals surface area (Å²) in [4.78, 5) is 23.5. The minimum Gasteiger partial charge on any atom is -0.465 e. The summed E-state index contributed by atoms with van der Waals surface area (Å²) in [6.07, 6.45) is -0.553. The molecule has 0 saturated carbocycles. The van der Waals surface area contributed by atoms with Crippen molar-refractivity contribution in [1.82, 2.24) is 10.2 Å². The van der Waals surface area contributed by atoms with E-state index in [0.29, 0.717) is 19.4 Å². The quantitative estimate of drug-likeness (QED) is 0.534. The van der Waals surface area contributed by atoms with Crippen LogP contribution in [-0.2, 0) is 4.79 Å². The van der Waals surface area contributed by atoms with E-state index >= 15 is 0 Å². The van der Waals surface area contributed by atoms with E-state index in [1.165, 1.54) is 4.90 Å². The van der Waals surface area contributed by atoms with E-state index in [9.17, 15) is 14.7 Å². The van der Waals surface area contributed by atoms with Crippen LogP contribution in [0.25, 0.3) is 0 Å². The maximum absolute atomic E-state index is 11.2. The number of rotatable bonds is 0. The molecule has 2 amide bonds. The summed E-state index contributed by atoms with van der Waals surface area (Å²) in [6.45, 7) is 2.15. The number of likely N-dealkylation sites (tertiary alicyclic amines) is 1. The van der Waals surface area contributed by atoms with Gasteiger partial charge in [-0.05, 0) is 19.8 Å². The van der Waals surface area contributed by atoms with Crippen LogP contribution in [0.4, 0.5) is 4.79 Å². The lowest BCUT2D eigenvalue weighted by Crippen LogP contribution is -2.59. The fourth-order valence-corrected chi connectivity index (χ4v) is 2.76. The number of aliphatic hydroxyl groups is 1. The number of hydrogen-bond acceptors (Lipinski definition) is 3. The number of amides is 2. The second kappa shape index (κ2) is 3.62. The highest BCUT2D eigenvalue weighted by molar-refractivity contribution is 5.80. The van der Waals surface area contributed by atoms with Crippen LogP contribution in [0.5, 0.6) is 0 Å². The minimum absolute atomic E-state index is 0.125. The Morgan fingerprint density at radius 1 is 1.62 bits per heavy atom. The topological polar surface area (TPSA) is 89.9 Å². The van der Waals surface area contributed by atoms with Crippen molar-refractivity contribution in [3.63, 3.8) is 0 Å². The van der Waals surface area contributed by atoms with E-state index in [0.717, 1.165) is 0 Å². The monoisotopic (exact) mass is 228 g/mol. The van der Waals surface area contributed by atoms with Crippen molar-refractivity contribution in [2.45, 2.75) is 43.9 Å². The number of nitrogens with one attached hydrogen (secondary N) is 1. The molecular formula is C10H16N2O4. The third-order valence-electron chi connectivity index (χ3n) is 3.64. The largest absolute Gasteiger partial charge is 0.465 e. The Bertz CT molecular complexity index is 333. The predicted octanol–water partition coefficient (Wildman–Crippen LogP) is -0.232. The SMILES string of the molecule is C[C@H]1C[C@@]2(CCN1C(=O)O)NC(=O)CC2O. The van der Waals surface area contributed by atoms with Crippen LogP contribution < -0.4 is 5.32 Å².